The van der Waals surface area contributed by atoms with Gasteiger partial charge in [0.2, 0.25) is 5.13 Å². The zero-order valence-corrected chi connectivity index (χ0v) is 12.9. The molecule has 0 aliphatic rings. The van der Waals surface area contributed by atoms with E-state index in [9.17, 15) is 4.79 Å². The number of hydrogen-bond donors (Lipinski definition) is 1. The molecule has 1 heterocycles. The molecule has 106 valence electrons. The molecular weight excluding hydrogens is 294 g/mol. The lowest BCUT2D eigenvalue weighted by Crippen LogP contribution is -2.02. The van der Waals surface area contributed by atoms with Crippen LogP contribution in [0.1, 0.15) is 12.5 Å². The summed E-state index contributed by atoms with van der Waals surface area (Å²) in [7, 11) is 1.37. The van der Waals surface area contributed by atoms with Crippen molar-refractivity contribution in [1.29, 1.82) is 0 Å². The Labute approximate surface area is 125 Å². The maximum absolute atomic E-state index is 11.0. The van der Waals surface area contributed by atoms with E-state index in [0.717, 1.165) is 16.4 Å². The first-order chi connectivity index (χ1) is 9.71. The third-order valence-corrected chi connectivity index (χ3v) is 4.51. The SMILES string of the molecule is CCc1ccc(Nc2nnc(SCC(=O)OC)s2)cc1. The van der Waals surface area contributed by atoms with Gasteiger partial charge in [0.25, 0.3) is 0 Å². The summed E-state index contributed by atoms with van der Waals surface area (Å²) in [6, 6.07) is 8.19. The van der Waals surface area contributed by atoms with Gasteiger partial charge in [-0.3, -0.25) is 4.79 Å². The van der Waals surface area contributed by atoms with Gasteiger partial charge in [0.15, 0.2) is 4.34 Å². The average molecular weight is 309 g/mol. The Hall–Kier alpha value is -1.60. The molecule has 0 fully saturated rings. The van der Waals surface area contributed by atoms with Gasteiger partial charge in [-0.05, 0) is 24.1 Å². The zero-order chi connectivity index (χ0) is 14.4. The summed E-state index contributed by atoms with van der Waals surface area (Å²) in [4.78, 5) is 11.0. The van der Waals surface area contributed by atoms with E-state index < -0.39 is 0 Å². The first-order valence-corrected chi connectivity index (χ1v) is 7.90. The minimum atomic E-state index is -0.269. The standard InChI is InChI=1S/C13H15N3O2S2/c1-3-9-4-6-10(7-5-9)14-12-15-16-13(20-12)19-8-11(17)18-2/h4-7H,3,8H2,1-2H3,(H,14,15). The molecule has 20 heavy (non-hydrogen) atoms. The maximum Gasteiger partial charge on any atom is 0.316 e. The van der Waals surface area contributed by atoms with Crippen molar-refractivity contribution in [3.63, 3.8) is 0 Å². The number of carbonyl (C=O) groups excluding carboxylic acids is 1. The van der Waals surface area contributed by atoms with E-state index in [1.807, 2.05) is 12.1 Å². The van der Waals surface area contributed by atoms with E-state index in [0.29, 0.717) is 5.13 Å². The highest BCUT2D eigenvalue weighted by Crippen LogP contribution is 2.27. The highest BCUT2D eigenvalue weighted by molar-refractivity contribution is 8.01. The van der Waals surface area contributed by atoms with Crippen molar-refractivity contribution < 1.29 is 9.53 Å². The quantitative estimate of drug-likeness (QED) is 0.653. The Kier molecular flexibility index (Phi) is 5.37. The van der Waals surface area contributed by atoms with Crippen molar-refractivity contribution in [2.45, 2.75) is 17.7 Å². The minimum Gasteiger partial charge on any atom is -0.468 e. The van der Waals surface area contributed by atoms with E-state index in [2.05, 4.69) is 39.3 Å². The largest absolute Gasteiger partial charge is 0.468 e. The normalized spacial score (nSPS) is 10.3. The molecule has 7 heteroatoms. The molecule has 1 aromatic carbocycles. The lowest BCUT2D eigenvalue weighted by atomic mass is 10.1. The molecule has 0 atom stereocenters. The fraction of sp³-hybridized carbons (Fsp3) is 0.308. The van der Waals surface area contributed by atoms with Crippen LogP contribution in [0.4, 0.5) is 10.8 Å². The number of rotatable bonds is 6. The number of esters is 1. The van der Waals surface area contributed by atoms with E-state index in [1.165, 1.54) is 35.8 Å². The number of carbonyl (C=O) groups is 1. The smallest absolute Gasteiger partial charge is 0.316 e. The van der Waals surface area contributed by atoms with Crippen LogP contribution in [0.25, 0.3) is 0 Å². The first-order valence-electron chi connectivity index (χ1n) is 6.10. The predicted molar refractivity (Wildman–Crippen MR) is 81.8 cm³/mol. The lowest BCUT2D eigenvalue weighted by molar-refractivity contribution is -0.137. The van der Waals surface area contributed by atoms with Crippen molar-refractivity contribution >= 4 is 39.9 Å². The highest BCUT2D eigenvalue weighted by atomic mass is 32.2. The van der Waals surface area contributed by atoms with Crippen molar-refractivity contribution in [2.24, 2.45) is 0 Å². The second-order valence-corrected chi connectivity index (χ2v) is 6.11. The Bertz CT molecular complexity index is 569. The van der Waals surface area contributed by atoms with Crippen LogP contribution >= 0.6 is 23.1 Å². The summed E-state index contributed by atoms with van der Waals surface area (Å²) in [5.41, 5.74) is 2.27. The first kappa shape index (κ1) is 14.8. The highest BCUT2D eigenvalue weighted by Gasteiger charge is 2.08. The van der Waals surface area contributed by atoms with E-state index in [-0.39, 0.29) is 11.7 Å². The van der Waals surface area contributed by atoms with E-state index in [1.54, 1.807) is 0 Å². The van der Waals surface area contributed by atoms with Crippen LogP contribution in [-0.2, 0) is 16.0 Å². The number of nitrogens with zero attached hydrogens (tertiary/aromatic N) is 2. The molecule has 0 bridgehead atoms. The van der Waals surface area contributed by atoms with Gasteiger partial charge in [0, 0.05) is 5.69 Å². The molecule has 0 unspecified atom stereocenters. The van der Waals surface area contributed by atoms with Gasteiger partial charge in [-0.25, -0.2) is 0 Å². The second kappa shape index (κ2) is 7.25. The molecule has 2 aromatic rings. The summed E-state index contributed by atoms with van der Waals surface area (Å²) >= 11 is 2.73. The molecule has 2 rings (SSSR count). The Morgan fingerprint density at radius 2 is 2.10 bits per heavy atom. The molecule has 0 aliphatic carbocycles. The molecule has 0 radical (unpaired) electrons. The Balaban J connectivity index is 1.93. The third kappa shape index (κ3) is 4.21. The Morgan fingerprint density at radius 3 is 2.75 bits per heavy atom. The van der Waals surface area contributed by atoms with Gasteiger partial charge in [-0.2, -0.15) is 0 Å². The number of benzene rings is 1. The van der Waals surface area contributed by atoms with Crippen molar-refractivity contribution in [1.82, 2.24) is 10.2 Å². The summed E-state index contributed by atoms with van der Waals surface area (Å²) in [6.45, 7) is 2.12. The molecular formula is C13H15N3O2S2. The molecule has 0 aliphatic heterocycles. The van der Waals surface area contributed by atoms with Gasteiger partial charge in [0.05, 0.1) is 12.9 Å². The second-order valence-electron chi connectivity index (χ2n) is 3.91. The zero-order valence-electron chi connectivity index (χ0n) is 11.3. The summed E-state index contributed by atoms with van der Waals surface area (Å²) in [5, 5.41) is 12.0. The number of aromatic nitrogens is 2. The average Bonchev–Trinajstić information content (AvgIpc) is 2.93. The van der Waals surface area contributed by atoms with Gasteiger partial charge in [-0.15, -0.1) is 10.2 Å². The molecule has 1 N–H and O–H groups in total. The number of aryl methyl sites for hydroxylation is 1. The van der Waals surface area contributed by atoms with Gasteiger partial charge >= 0.3 is 5.97 Å². The van der Waals surface area contributed by atoms with Crippen LogP contribution in [0.5, 0.6) is 0 Å². The molecule has 5 nitrogen and oxygen atoms in total. The van der Waals surface area contributed by atoms with E-state index in [4.69, 9.17) is 0 Å². The summed E-state index contributed by atoms with van der Waals surface area (Å²) in [6.07, 6.45) is 1.02. The van der Waals surface area contributed by atoms with Crippen LogP contribution in [-0.4, -0.2) is 29.0 Å². The number of nitrogens with one attached hydrogen (secondary N) is 1. The van der Waals surface area contributed by atoms with Crippen molar-refractivity contribution in [2.75, 3.05) is 18.2 Å². The van der Waals surface area contributed by atoms with Crippen molar-refractivity contribution in [3.8, 4) is 0 Å². The molecule has 0 amide bonds. The van der Waals surface area contributed by atoms with Crippen LogP contribution in [0.15, 0.2) is 28.6 Å². The lowest BCUT2D eigenvalue weighted by Gasteiger charge is -2.02. The van der Waals surface area contributed by atoms with Crippen LogP contribution in [0, 0.1) is 0 Å². The molecule has 1 aromatic heterocycles. The Morgan fingerprint density at radius 1 is 1.35 bits per heavy atom. The number of thioether (sulfide) groups is 1. The number of ether oxygens (including phenoxy) is 1. The third-order valence-electron chi connectivity index (χ3n) is 2.56. The topological polar surface area (TPSA) is 64.1 Å². The van der Waals surface area contributed by atoms with Gasteiger partial charge < -0.3 is 10.1 Å². The fourth-order valence-corrected chi connectivity index (χ4v) is 3.05. The fourth-order valence-electron chi connectivity index (χ4n) is 1.45. The van der Waals surface area contributed by atoms with Gasteiger partial charge in [-0.1, -0.05) is 42.2 Å². The summed E-state index contributed by atoms with van der Waals surface area (Å²) < 4.78 is 5.32. The molecule has 0 saturated carbocycles. The number of methoxy groups -OCH3 is 1. The maximum atomic E-state index is 11.0. The number of anilines is 2. The molecule has 0 saturated heterocycles. The van der Waals surface area contributed by atoms with Crippen LogP contribution in [0.2, 0.25) is 0 Å². The monoisotopic (exact) mass is 309 g/mol. The summed E-state index contributed by atoms with van der Waals surface area (Å²) in [5.74, 6) is -0.0223. The number of hydrogen-bond acceptors (Lipinski definition) is 7. The minimum absolute atomic E-state index is 0.246. The van der Waals surface area contributed by atoms with E-state index >= 15 is 0 Å². The molecule has 0 spiro atoms. The predicted octanol–water partition coefficient (Wildman–Crippen LogP) is 3.11. The van der Waals surface area contributed by atoms with Crippen LogP contribution < -0.4 is 5.32 Å². The van der Waals surface area contributed by atoms with Gasteiger partial charge in [0.1, 0.15) is 0 Å². The van der Waals surface area contributed by atoms with Crippen molar-refractivity contribution in [3.05, 3.63) is 29.8 Å². The van der Waals surface area contributed by atoms with Crippen LogP contribution in [0.3, 0.4) is 0 Å².